The van der Waals surface area contributed by atoms with Crippen LogP contribution in [-0.2, 0) is 11.2 Å². The van der Waals surface area contributed by atoms with E-state index in [1.807, 2.05) is 32.9 Å². The van der Waals surface area contributed by atoms with E-state index in [0.29, 0.717) is 0 Å². The van der Waals surface area contributed by atoms with Crippen molar-refractivity contribution in [2.45, 2.75) is 44.9 Å². The van der Waals surface area contributed by atoms with Gasteiger partial charge in [-0.2, -0.15) is 12.6 Å². The number of furan rings is 1. The van der Waals surface area contributed by atoms with Gasteiger partial charge in [-0.15, -0.1) is 0 Å². The van der Waals surface area contributed by atoms with Crippen LogP contribution in [0.4, 0.5) is 0 Å². The molecule has 0 aliphatic rings. The first kappa shape index (κ1) is 14.2. The molecule has 0 saturated carbocycles. The van der Waals surface area contributed by atoms with Gasteiger partial charge < -0.3 is 9.73 Å². The van der Waals surface area contributed by atoms with Gasteiger partial charge in [0.05, 0.1) is 11.5 Å². The molecule has 1 heterocycles. The van der Waals surface area contributed by atoms with E-state index in [9.17, 15) is 4.79 Å². The molecule has 0 aliphatic heterocycles. The zero-order valence-corrected chi connectivity index (χ0v) is 11.5. The van der Waals surface area contributed by atoms with Crippen LogP contribution >= 0.6 is 12.6 Å². The summed E-state index contributed by atoms with van der Waals surface area (Å²) in [5.41, 5.74) is 0. The third-order valence-corrected chi connectivity index (χ3v) is 3.52. The zero-order chi connectivity index (χ0) is 12.8. The summed E-state index contributed by atoms with van der Waals surface area (Å²) in [4.78, 5) is 11.7. The molecular formula is C13H21NO2S. The first-order chi connectivity index (χ1) is 8.00. The second-order valence-electron chi connectivity index (χ2n) is 4.72. The van der Waals surface area contributed by atoms with Gasteiger partial charge in [-0.25, -0.2) is 0 Å². The second kappa shape index (κ2) is 6.74. The zero-order valence-electron chi connectivity index (χ0n) is 10.6. The van der Waals surface area contributed by atoms with Crippen LogP contribution in [0.5, 0.6) is 0 Å². The average molecular weight is 255 g/mol. The average Bonchev–Trinajstić information content (AvgIpc) is 2.77. The fraction of sp³-hybridized carbons (Fsp3) is 0.615. The highest BCUT2D eigenvalue weighted by Gasteiger charge is 2.19. The van der Waals surface area contributed by atoms with E-state index >= 15 is 0 Å². The lowest BCUT2D eigenvalue weighted by Crippen LogP contribution is -2.40. The SMILES string of the molecule is CC(CCc1ccco1)NC(=O)C(S)C(C)C. The second-order valence-corrected chi connectivity index (χ2v) is 5.27. The number of amides is 1. The van der Waals surface area contributed by atoms with Crippen molar-refractivity contribution in [2.24, 2.45) is 5.92 Å². The summed E-state index contributed by atoms with van der Waals surface area (Å²) in [6.07, 6.45) is 3.38. The number of carbonyl (C=O) groups is 1. The minimum absolute atomic E-state index is 0.00952. The van der Waals surface area contributed by atoms with Crippen LogP contribution in [0.15, 0.2) is 22.8 Å². The van der Waals surface area contributed by atoms with Gasteiger partial charge in [-0.05, 0) is 31.4 Å². The van der Waals surface area contributed by atoms with Crippen LogP contribution in [0.25, 0.3) is 0 Å². The molecular weight excluding hydrogens is 234 g/mol. The number of hydrogen-bond acceptors (Lipinski definition) is 3. The summed E-state index contributed by atoms with van der Waals surface area (Å²) in [5, 5.41) is 2.73. The normalized spacial score (nSPS) is 14.6. The number of nitrogens with one attached hydrogen (secondary N) is 1. The Hall–Kier alpha value is -0.900. The Morgan fingerprint density at radius 1 is 1.47 bits per heavy atom. The standard InChI is InChI=1S/C13H21NO2S/c1-9(2)12(17)13(15)14-10(3)6-7-11-5-4-8-16-11/h4-5,8-10,12,17H,6-7H2,1-3H3,(H,14,15). The topological polar surface area (TPSA) is 42.2 Å². The molecule has 3 nitrogen and oxygen atoms in total. The molecule has 4 heteroatoms. The molecule has 0 aliphatic carbocycles. The molecule has 1 aromatic rings. The largest absolute Gasteiger partial charge is 0.469 e. The summed E-state index contributed by atoms with van der Waals surface area (Å²) in [6.45, 7) is 5.98. The van der Waals surface area contributed by atoms with Crippen LogP contribution < -0.4 is 5.32 Å². The molecule has 0 radical (unpaired) electrons. The summed E-state index contributed by atoms with van der Waals surface area (Å²) in [6, 6.07) is 3.96. The maximum Gasteiger partial charge on any atom is 0.233 e. The van der Waals surface area contributed by atoms with Gasteiger partial charge in [0.15, 0.2) is 0 Å². The van der Waals surface area contributed by atoms with Gasteiger partial charge in [0.25, 0.3) is 0 Å². The predicted molar refractivity (Wildman–Crippen MR) is 72.2 cm³/mol. The predicted octanol–water partition coefficient (Wildman–Crippen LogP) is 2.67. The van der Waals surface area contributed by atoms with Crippen molar-refractivity contribution in [3.05, 3.63) is 24.2 Å². The van der Waals surface area contributed by atoms with Gasteiger partial charge in [0.2, 0.25) is 5.91 Å². The first-order valence-electron chi connectivity index (χ1n) is 6.01. The van der Waals surface area contributed by atoms with Crippen molar-refractivity contribution < 1.29 is 9.21 Å². The molecule has 2 unspecified atom stereocenters. The molecule has 1 amide bonds. The maximum absolute atomic E-state index is 11.7. The number of hydrogen-bond donors (Lipinski definition) is 2. The van der Waals surface area contributed by atoms with Crippen LogP contribution in [0, 0.1) is 5.92 Å². The van der Waals surface area contributed by atoms with E-state index in [-0.39, 0.29) is 23.1 Å². The Bertz CT molecular complexity index is 335. The number of thiol groups is 1. The molecule has 0 fully saturated rings. The first-order valence-corrected chi connectivity index (χ1v) is 6.53. The summed E-state index contributed by atoms with van der Waals surface area (Å²) in [5.74, 6) is 1.21. The highest BCUT2D eigenvalue weighted by atomic mass is 32.1. The van der Waals surface area contributed by atoms with E-state index in [1.54, 1.807) is 6.26 Å². The van der Waals surface area contributed by atoms with Crippen molar-refractivity contribution >= 4 is 18.5 Å². The molecule has 0 bridgehead atoms. The summed E-state index contributed by atoms with van der Waals surface area (Å²) >= 11 is 4.29. The van der Waals surface area contributed by atoms with Gasteiger partial charge in [-0.3, -0.25) is 4.79 Å². The van der Waals surface area contributed by atoms with Crippen molar-refractivity contribution in [2.75, 3.05) is 0 Å². The van der Waals surface area contributed by atoms with E-state index < -0.39 is 0 Å². The Morgan fingerprint density at radius 3 is 2.71 bits per heavy atom. The Morgan fingerprint density at radius 2 is 2.18 bits per heavy atom. The van der Waals surface area contributed by atoms with Gasteiger partial charge in [0, 0.05) is 12.5 Å². The highest BCUT2D eigenvalue weighted by Crippen LogP contribution is 2.10. The minimum Gasteiger partial charge on any atom is -0.469 e. The van der Waals surface area contributed by atoms with E-state index in [2.05, 4.69) is 17.9 Å². The van der Waals surface area contributed by atoms with Gasteiger partial charge in [0.1, 0.15) is 5.76 Å². The van der Waals surface area contributed by atoms with Crippen LogP contribution in [-0.4, -0.2) is 17.2 Å². The van der Waals surface area contributed by atoms with Crippen molar-refractivity contribution in [3.63, 3.8) is 0 Å². The molecule has 0 aromatic carbocycles. The third-order valence-electron chi connectivity index (χ3n) is 2.69. The smallest absolute Gasteiger partial charge is 0.233 e. The van der Waals surface area contributed by atoms with E-state index in [0.717, 1.165) is 18.6 Å². The lowest BCUT2D eigenvalue weighted by Gasteiger charge is -2.18. The fourth-order valence-electron chi connectivity index (χ4n) is 1.52. The molecule has 17 heavy (non-hydrogen) atoms. The van der Waals surface area contributed by atoms with E-state index in [1.165, 1.54) is 0 Å². The number of carbonyl (C=O) groups excluding carboxylic acids is 1. The van der Waals surface area contributed by atoms with Gasteiger partial charge >= 0.3 is 0 Å². The molecule has 0 saturated heterocycles. The molecule has 1 rings (SSSR count). The third kappa shape index (κ3) is 4.86. The van der Waals surface area contributed by atoms with Crippen LogP contribution in [0.1, 0.15) is 33.0 Å². The Labute approximate surface area is 108 Å². The summed E-state index contributed by atoms with van der Waals surface area (Å²) in [7, 11) is 0. The summed E-state index contributed by atoms with van der Waals surface area (Å²) < 4.78 is 5.25. The monoisotopic (exact) mass is 255 g/mol. The molecule has 2 atom stereocenters. The molecule has 1 aromatic heterocycles. The van der Waals surface area contributed by atoms with E-state index in [4.69, 9.17) is 4.42 Å². The molecule has 96 valence electrons. The quantitative estimate of drug-likeness (QED) is 0.767. The van der Waals surface area contributed by atoms with Crippen molar-refractivity contribution in [1.29, 1.82) is 0 Å². The lowest BCUT2D eigenvalue weighted by molar-refractivity contribution is -0.121. The Balaban J connectivity index is 2.29. The highest BCUT2D eigenvalue weighted by molar-refractivity contribution is 7.81. The number of aryl methyl sites for hydroxylation is 1. The minimum atomic E-state index is -0.235. The maximum atomic E-state index is 11.7. The number of rotatable bonds is 6. The van der Waals surface area contributed by atoms with Crippen molar-refractivity contribution in [3.8, 4) is 0 Å². The molecule has 0 spiro atoms. The molecule has 1 N–H and O–H groups in total. The fourth-order valence-corrected chi connectivity index (χ4v) is 1.59. The van der Waals surface area contributed by atoms with Crippen molar-refractivity contribution in [1.82, 2.24) is 5.32 Å². The van der Waals surface area contributed by atoms with Crippen LogP contribution in [0.3, 0.4) is 0 Å². The van der Waals surface area contributed by atoms with Crippen LogP contribution in [0.2, 0.25) is 0 Å². The lowest BCUT2D eigenvalue weighted by atomic mass is 10.1. The Kier molecular flexibility index (Phi) is 5.62. The van der Waals surface area contributed by atoms with Gasteiger partial charge in [-0.1, -0.05) is 13.8 Å².